The Morgan fingerprint density at radius 2 is 1.82 bits per heavy atom. The van der Waals surface area contributed by atoms with Gasteiger partial charge in [-0.1, -0.05) is 29.3 Å². The Morgan fingerprint density at radius 1 is 1.06 bits per heavy atom. The van der Waals surface area contributed by atoms with Gasteiger partial charge < -0.3 is 14.8 Å². The highest BCUT2D eigenvalue weighted by molar-refractivity contribution is 9.10. The molecule has 2 aromatic carbocycles. The van der Waals surface area contributed by atoms with Gasteiger partial charge in [0.15, 0.2) is 19.2 Å². The van der Waals surface area contributed by atoms with Crippen LogP contribution in [-0.4, -0.2) is 25.5 Å². The van der Waals surface area contributed by atoms with Crippen LogP contribution >= 0.6 is 27.5 Å². The number of amides is 1. The van der Waals surface area contributed by atoms with E-state index in [2.05, 4.69) is 37.5 Å². The van der Waals surface area contributed by atoms with Gasteiger partial charge in [-0.15, -0.1) is 0 Å². The van der Waals surface area contributed by atoms with Crippen LogP contribution in [0.5, 0.6) is 11.5 Å². The highest BCUT2D eigenvalue weighted by Gasteiger charge is 2.12. The molecule has 0 spiro atoms. The topological polar surface area (TPSA) is 83.2 Å². The van der Waals surface area contributed by atoms with Gasteiger partial charge in [-0.25, -0.2) is 9.36 Å². The van der Waals surface area contributed by atoms with E-state index in [0.29, 0.717) is 16.5 Å². The van der Waals surface area contributed by atoms with Crippen molar-refractivity contribution in [2.75, 3.05) is 5.32 Å². The Hall–Kier alpha value is -3.30. The van der Waals surface area contributed by atoms with Gasteiger partial charge >= 0.3 is 0 Å². The lowest BCUT2D eigenvalue weighted by Crippen LogP contribution is -2.14. The summed E-state index contributed by atoms with van der Waals surface area (Å²) in [4.78, 5) is 12.5. The van der Waals surface area contributed by atoms with Gasteiger partial charge in [0.1, 0.15) is 11.5 Å². The largest absolute Gasteiger partial charge is 0.471 e. The maximum atomic E-state index is 12.5. The van der Waals surface area contributed by atoms with Crippen molar-refractivity contribution in [1.29, 1.82) is 0 Å². The zero-order chi connectivity index (χ0) is 23.4. The number of rotatable bonds is 8. The lowest BCUT2D eigenvalue weighted by Gasteiger charge is -2.09. The molecule has 0 atom stereocenters. The number of benzene rings is 2. The molecule has 0 bridgehead atoms. The molecule has 0 aliphatic heterocycles. The first-order valence-electron chi connectivity index (χ1n) is 10.0. The summed E-state index contributed by atoms with van der Waals surface area (Å²) in [6.07, 6.45) is 4.92. The molecule has 170 valence electrons. The minimum absolute atomic E-state index is 0.140. The normalized spacial score (nSPS) is 10.8. The van der Waals surface area contributed by atoms with Gasteiger partial charge in [0, 0.05) is 11.2 Å². The second-order valence-corrected chi connectivity index (χ2v) is 8.64. The van der Waals surface area contributed by atoms with Crippen LogP contribution in [0.4, 0.5) is 5.69 Å². The molecule has 10 heteroatoms. The van der Waals surface area contributed by atoms with E-state index in [1.807, 2.05) is 26.0 Å². The van der Waals surface area contributed by atoms with Crippen LogP contribution in [0.15, 0.2) is 65.5 Å². The second kappa shape index (κ2) is 10.1. The lowest BCUT2D eigenvalue weighted by atomic mass is 10.1. The summed E-state index contributed by atoms with van der Waals surface area (Å²) in [5, 5.41) is 11.9. The number of aromatic nitrogens is 4. The maximum absolute atomic E-state index is 12.5. The summed E-state index contributed by atoms with van der Waals surface area (Å²) in [5.74, 6) is 1.06. The van der Waals surface area contributed by atoms with Gasteiger partial charge in [-0.3, -0.25) is 4.79 Å². The number of nitrogens with one attached hydrogen (secondary N) is 1. The molecule has 0 radical (unpaired) electrons. The zero-order valence-corrected chi connectivity index (χ0v) is 20.3. The fraction of sp³-hybridized carbons (Fsp3) is 0.174. The number of carbonyl (C=O) groups excluding carboxylic acids is 1. The first kappa shape index (κ1) is 22.9. The van der Waals surface area contributed by atoms with E-state index in [0.717, 1.165) is 15.8 Å². The Kier molecular flexibility index (Phi) is 7.00. The van der Waals surface area contributed by atoms with Crippen molar-refractivity contribution in [3.63, 3.8) is 0 Å². The summed E-state index contributed by atoms with van der Waals surface area (Å²) in [7, 11) is 0. The van der Waals surface area contributed by atoms with Crippen LogP contribution in [0, 0.1) is 13.8 Å². The number of nitrogens with zero attached hydrogens (tertiary/aromatic N) is 4. The molecular formula is C23H21BrClN5O3. The van der Waals surface area contributed by atoms with Gasteiger partial charge in [-0.2, -0.15) is 10.2 Å². The molecule has 4 aromatic rings. The Balaban J connectivity index is 1.30. The average molecular weight is 531 g/mol. The van der Waals surface area contributed by atoms with E-state index < -0.39 is 0 Å². The number of hydrogen-bond donors (Lipinski definition) is 1. The van der Waals surface area contributed by atoms with Crippen molar-refractivity contribution in [3.8, 4) is 11.5 Å². The summed E-state index contributed by atoms with van der Waals surface area (Å²) in [5.41, 5.74) is 3.03. The molecule has 2 heterocycles. The number of carbonyl (C=O) groups is 1. The van der Waals surface area contributed by atoms with Crippen LogP contribution in [0.3, 0.4) is 0 Å². The van der Waals surface area contributed by atoms with Crippen molar-refractivity contribution in [2.45, 2.75) is 27.3 Å². The summed E-state index contributed by atoms with van der Waals surface area (Å²) in [6, 6.07) is 12.8. The highest BCUT2D eigenvalue weighted by atomic mass is 79.9. The third-order valence-corrected chi connectivity index (χ3v) is 5.55. The number of anilines is 1. The Bertz CT molecular complexity index is 1290. The third-order valence-electron chi connectivity index (χ3n) is 4.69. The van der Waals surface area contributed by atoms with Crippen LogP contribution in [0.25, 0.3) is 0 Å². The zero-order valence-electron chi connectivity index (χ0n) is 18.0. The molecule has 0 fully saturated rings. The lowest BCUT2D eigenvalue weighted by molar-refractivity contribution is 0.102. The van der Waals surface area contributed by atoms with E-state index in [1.54, 1.807) is 47.5 Å². The molecular weight excluding hydrogens is 510 g/mol. The van der Waals surface area contributed by atoms with Crippen molar-refractivity contribution >= 4 is 39.1 Å². The minimum Gasteiger partial charge on any atom is -0.471 e. The maximum Gasteiger partial charge on any atom is 0.276 e. The van der Waals surface area contributed by atoms with Gasteiger partial charge in [0.25, 0.3) is 5.91 Å². The average Bonchev–Trinajstić information content (AvgIpc) is 3.42. The predicted octanol–water partition coefficient (Wildman–Crippen LogP) is 5.44. The summed E-state index contributed by atoms with van der Waals surface area (Å²) < 4.78 is 15.4. The van der Waals surface area contributed by atoms with Crippen LogP contribution in [-0.2, 0) is 13.5 Å². The van der Waals surface area contributed by atoms with Crippen molar-refractivity contribution in [2.24, 2.45) is 0 Å². The number of aryl methyl sites for hydroxylation is 2. The third kappa shape index (κ3) is 5.94. The monoisotopic (exact) mass is 529 g/mol. The Morgan fingerprint density at radius 3 is 2.61 bits per heavy atom. The standard InChI is InChI=1S/C23H21BrClN5O3/c1-15-3-5-21(16(2)9-15)32-14-30-12-18(11-26-30)27-23(31)20-7-8-29(28-20)13-33-22-6-4-17(25)10-19(22)24/h3-12H,13-14H2,1-2H3,(H,27,31). The van der Waals surface area contributed by atoms with Crippen LogP contribution in [0.2, 0.25) is 5.02 Å². The smallest absolute Gasteiger partial charge is 0.276 e. The molecule has 1 amide bonds. The number of ether oxygens (including phenoxy) is 2. The van der Waals surface area contributed by atoms with E-state index in [-0.39, 0.29) is 25.1 Å². The molecule has 8 nitrogen and oxygen atoms in total. The molecule has 0 aliphatic rings. The number of halogens is 2. The van der Waals surface area contributed by atoms with E-state index in [1.165, 1.54) is 10.2 Å². The molecule has 0 saturated heterocycles. The SMILES string of the molecule is Cc1ccc(OCn2cc(NC(=O)c3ccn(COc4ccc(Cl)cc4Br)n3)cn2)c(C)c1. The van der Waals surface area contributed by atoms with Gasteiger partial charge in [0.2, 0.25) is 0 Å². The fourth-order valence-corrected chi connectivity index (χ4v) is 3.87. The number of hydrogen-bond acceptors (Lipinski definition) is 5. The molecule has 2 aromatic heterocycles. The van der Waals surface area contributed by atoms with Crippen molar-refractivity contribution in [1.82, 2.24) is 19.6 Å². The minimum atomic E-state index is -0.351. The quantitative estimate of drug-likeness (QED) is 0.328. The first-order chi connectivity index (χ1) is 15.9. The van der Waals surface area contributed by atoms with E-state index >= 15 is 0 Å². The van der Waals surface area contributed by atoms with Crippen LogP contribution in [0.1, 0.15) is 21.6 Å². The second-order valence-electron chi connectivity index (χ2n) is 7.35. The molecule has 1 N–H and O–H groups in total. The predicted molar refractivity (Wildman–Crippen MR) is 129 cm³/mol. The first-order valence-corrected chi connectivity index (χ1v) is 11.2. The molecule has 0 saturated carbocycles. The van der Waals surface area contributed by atoms with E-state index in [9.17, 15) is 4.79 Å². The molecule has 33 heavy (non-hydrogen) atoms. The van der Waals surface area contributed by atoms with Gasteiger partial charge in [0.05, 0.1) is 22.6 Å². The van der Waals surface area contributed by atoms with Crippen molar-refractivity contribution in [3.05, 3.63) is 87.4 Å². The summed E-state index contributed by atoms with van der Waals surface area (Å²) >= 11 is 9.34. The van der Waals surface area contributed by atoms with Crippen molar-refractivity contribution < 1.29 is 14.3 Å². The highest BCUT2D eigenvalue weighted by Crippen LogP contribution is 2.28. The summed E-state index contributed by atoms with van der Waals surface area (Å²) in [6.45, 7) is 4.40. The van der Waals surface area contributed by atoms with E-state index in [4.69, 9.17) is 21.1 Å². The van der Waals surface area contributed by atoms with Crippen LogP contribution < -0.4 is 14.8 Å². The van der Waals surface area contributed by atoms with Gasteiger partial charge in [-0.05, 0) is 65.7 Å². The Labute approximate surface area is 204 Å². The molecule has 0 unspecified atom stereocenters. The molecule has 4 rings (SSSR count). The molecule has 0 aliphatic carbocycles. The fourth-order valence-electron chi connectivity index (χ4n) is 3.07.